The Morgan fingerprint density at radius 1 is 1.41 bits per heavy atom. The molecule has 1 fully saturated rings. The Kier molecular flexibility index (Phi) is 5.86. The van der Waals surface area contributed by atoms with Crippen molar-refractivity contribution in [3.63, 3.8) is 0 Å². The van der Waals surface area contributed by atoms with Crippen molar-refractivity contribution in [3.05, 3.63) is 56.8 Å². The minimum atomic E-state index is -0.850. The van der Waals surface area contributed by atoms with Crippen LogP contribution >= 0.6 is 23.4 Å². The number of fused-ring (bicyclic) bond motifs is 1. The summed E-state index contributed by atoms with van der Waals surface area (Å²) in [5.74, 6) is -2.46. The van der Waals surface area contributed by atoms with Gasteiger partial charge in [-0.15, -0.1) is 0 Å². The molecule has 29 heavy (non-hydrogen) atoms. The van der Waals surface area contributed by atoms with Gasteiger partial charge in [-0.05, 0) is 11.6 Å². The number of esters is 1. The van der Waals surface area contributed by atoms with E-state index in [2.05, 4.69) is 10.1 Å². The van der Waals surface area contributed by atoms with E-state index in [1.165, 1.54) is 14.2 Å². The number of methoxy groups -OCH3 is 1. The number of ether oxygens (including phenoxy) is 1. The molecular weight excluding hydrogens is 416 g/mol. The van der Waals surface area contributed by atoms with E-state index in [0.717, 1.165) is 16.7 Å². The van der Waals surface area contributed by atoms with Gasteiger partial charge in [-0.2, -0.15) is 5.26 Å². The minimum Gasteiger partial charge on any atom is -0.469 e. The van der Waals surface area contributed by atoms with Gasteiger partial charge in [0, 0.05) is 12.1 Å². The number of nitrogens with two attached hydrogens (primary N) is 1. The van der Waals surface area contributed by atoms with E-state index in [-0.39, 0.29) is 28.4 Å². The zero-order chi connectivity index (χ0) is 21.3. The van der Waals surface area contributed by atoms with E-state index in [1.54, 1.807) is 24.3 Å². The molecule has 2 atom stereocenters. The molecule has 0 saturated carbocycles. The number of carbonyl (C=O) groups is 3. The van der Waals surface area contributed by atoms with Gasteiger partial charge in [-0.25, -0.2) is 0 Å². The Bertz CT molecular complexity index is 1010. The second kappa shape index (κ2) is 8.19. The van der Waals surface area contributed by atoms with Crippen LogP contribution in [-0.4, -0.2) is 42.1 Å². The zero-order valence-electron chi connectivity index (χ0n) is 15.6. The molecule has 0 aromatic heterocycles. The third-order valence-corrected chi connectivity index (χ3v) is 6.29. The molecule has 1 saturated heterocycles. The van der Waals surface area contributed by atoms with Crippen LogP contribution in [0.1, 0.15) is 17.9 Å². The molecule has 2 aliphatic rings. The van der Waals surface area contributed by atoms with E-state index < -0.39 is 29.0 Å². The first-order valence-corrected chi connectivity index (χ1v) is 9.79. The molecule has 2 amide bonds. The Balaban J connectivity index is 2.23. The lowest BCUT2D eigenvalue weighted by atomic mass is 9.82. The average Bonchev–Trinajstić information content (AvgIpc) is 3.03. The predicted molar refractivity (Wildman–Crippen MR) is 107 cm³/mol. The lowest BCUT2D eigenvalue weighted by Gasteiger charge is -2.32. The summed E-state index contributed by atoms with van der Waals surface area (Å²) in [7, 11) is 2.68. The number of nitrogens with one attached hydrogen (secondary N) is 1. The highest BCUT2D eigenvalue weighted by Crippen LogP contribution is 2.50. The van der Waals surface area contributed by atoms with Crippen molar-refractivity contribution in [2.24, 2.45) is 5.73 Å². The van der Waals surface area contributed by atoms with Crippen LogP contribution in [0.2, 0.25) is 5.02 Å². The fourth-order valence-corrected chi connectivity index (χ4v) is 4.87. The van der Waals surface area contributed by atoms with E-state index >= 15 is 0 Å². The molecule has 3 N–H and O–H groups in total. The number of carbonyl (C=O) groups excluding carboxylic acids is 3. The van der Waals surface area contributed by atoms with Gasteiger partial charge in [0.05, 0.1) is 41.7 Å². The number of halogens is 1. The van der Waals surface area contributed by atoms with Gasteiger partial charge in [0.2, 0.25) is 5.91 Å². The predicted octanol–water partition coefficient (Wildman–Crippen LogP) is 1.60. The molecule has 0 aliphatic carbocycles. The molecule has 0 bridgehead atoms. The van der Waals surface area contributed by atoms with Crippen LogP contribution in [0.15, 0.2) is 46.3 Å². The molecule has 10 heteroatoms. The van der Waals surface area contributed by atoms with Crippen LogP contribution in [0.3, 0.4) is 0 Å². The number of amides is 2. The number of rotatable bonds is 4. The molecule has 3 rings (SSSR count). The van der Waals surface area contributed by atoms with Gasteiger partial charge < -0.3 is 15.8 Å². The van der Waals surface area contributed by atoms with Crippen molar-refractivity contribution < 1.29 is 19.1 Å². The van der Waals surface area contributed by atoms with Crippen LogP contribution < -0.4 is 11.1 Å². The first-order chi connectivity index (χ1) is 13.8. The highest BCUT2D eigenvalue weighted by atomic mass is 35.5. The summed E-state index contributed by atoms with van der Waals surface area (Å²) in [6.07, 6.45) is -0.188. The van der Waals surface area contributed by atoms with Crippen LogP contribution in [-0.2, 0) is 19.1 Å². The Hall–Kier alpha value is -2.96. The number of benzene rings is 1. The molecule has 0 spiro atoms. The van der Waals surface area contributed by atoms with E-state index in [4.69, 9.17) is 17.3 Å². The maximum atomic E-state index is 12.9. The normalized spacial score (nSPS) is 21.0. The third kappa shape index (κ3) is 3.45. The lowest BCUT2D eigenvalue weighted by Crippen LogP contribution is -2.39. The first-order valence-electron chi connectivity index (χ1n) is 8.53. The van der Waals surface area contributed by atoms with Crippen LogP contribution in [0.25, 0.3) is 0 Å². The number of nitriles is 1. The first kappa shape index (κ1) is 20.8. The Labute approximate surface area is 176 Å². The van der Waals surface area contributed by atoms with Crippen molar-refractivity contribution in [1.29, 1.82) is 5.26 Å². The summed E-state index contributed by atoms with van der Waals surface area (Å²) in [6.45, 7) is 0. The number of thioether (sulfide) groups is 1. The van der Waals surface area contributed by atoms with E-state index in [0.29, 0.717) is 10.6 Å². The number of hydrogen-bond donors (Lipinski definition) is 2. The number of nitrogens with zero attached hydrogens (tertiary/aromatic N) is 2. The second-order valence-electron chi connectivity index (χ2n) is 6.22. The molecule has 0 radical (unpaired) electrons. The van der Waals surface area contributed by atoms with Gasteiger partial charge in [-0.1, -0.05) is 41.6 Å². The van der Waals surface area contributed by atoms with Gasteiger partial charge >= 0.3 is 5.97 Å². The number of hydrogen-bond acceptors (Lipinski definition) is 7. The molecule has 8 nitrogen and oxygen atoms in total. The molecule has 1 aromatic rings. The Morgan fingerprint density at radius 3 is 2.69 bits per heavy atom. The molecule has 150 valence electrons. The van der Waals surface area contributed by atoms with Gasteiger partial charge in [-0.3, -0.25) is 19.3 Å². The fourth-order valence-electron chi connectivity index (χ4n) is 3.30. The van der Waals surface area contributed by atoms with Crippen molar-refractivity contribution >= 4 is 41.1 Å². The molecule has 1 aromatic carbocycles. The lowest BCUT2D eigenvalue weighted by molar-refractivity contribution is -0.142. The largest absolute Gasteiger partial charge is 0.469 e. The highest BCUT2D eigenvalue weighted by Gasteiger charge is 2.48. The number of allylic oxidation sites excluding steroid dienone is 1. The topological polar surface area (TPSA) is 126 Å². The monoisotopic (exact) mass is 432 g/mol. The van der Waals surface area contributed by atoms with Gasteiger partial charge in [0.1, 0.15) is 11.1 Å². The summed E-state index contributed by atoms with van der Waals surface area (Å²) in [4.78, 5) is 38.6. The van der Waals surface area contributed by atoms with Gasteiger partial charge in [0.15, 0.2) is 0 Å². The minimum absolute atomic E-state index is 0.0353. The van der Waals surface area contributed by atoms with Gasteiger partial charge in [0.25, 0.3) is 5.91 Å². The SMILES string of the molecule is CNC(=O)C1=C2S[C@@H](CC(=O)OC)C(=O)N2C(N)=C(C#N)[C@H]1c1ccccc1Cl. The zero-order valence-corrected chi connectivity index (χ0v) is 17.1. The fraction of sp³-hybridized carbons (Fsp3) is 0.263. The van der Waals surface area contributed by atoms with Crippen molar-refractivity contribution in [2.75, 3.05) is 14.2 Å². The molecular formula is C19H17ClN4O4S. The molecule has 0 unspecified atom stereocenters. The van der Waals surface area contributed by atoms with Crippen molar-refractivity contribution in [3.8, 4) is 6.07 Å². The summed E-state index contributed by atoms with van der Waals surface area (Å²) in [5, 5.41) is 12.2. The Morgan fingerprint density at radius 2 is 2.10 bits per heavy atom. The summed E-state index contributed by atoms with van der Waals surface area (Å²) < 4.78 is 4.65. The smallest absolute Gasteiger partial charge is 0.307 e. The summed E-state index contributed by atoms with van der Waals surface area (Å²) in [5.41, 5.74) is 6.93. The van der Waals surface area contributed by atoms with Crippen LogP contribution in [0.4, 0.5) is 0 Å². The average molecular weight is 433 g/mol. The highest BCUT2D eigenvalue weighted by molar-refractivity contribution is 8.04. The maximum absolute atomic E-state index is 12.9. The molecule has 2 aliphatic heterocycles. The number of likely N-dealkylation sites (N-methyl/N-ethyl adjacent to an activating group) is 1. The summed E-state index contributed by atoms with van der Waals surface area (Å²) >= 11 is 7.40. The molecule has 2 heterocycles. The van der Waals surface area contributed by atoms with E-state index in [1.807, 2.05) is 6.07 Å². The third-order valence-electron chi connectivity index (χ3n) is 4.67. The second-order valence-corrected chi connectivity index (χ2v) is 7.82. The van der Waals surface area contributed by atoms with Crippen molar-refractivity contribution in [2.45, 2.75) is 17.6 Å². The standard InChI is InChI=1S/C19H17ClN4O4S/c1-23-17(26)15-14(9-5-3-4-6-11(9)20)10(8-21)16(22)24-18(27)12(29-19(15)24)7-13(25)28-2/h3-6,12,14H,7,22H2,1-2H3,(H,23,26)/t12-,14+/m0/s1. The maximum Gasteiger partial charge on any atom is 0.307 e. The quantitative estimate of drug-likeness (QED) is 0.692. The van der Waals surface area contributed by atoms with Crippen LogP contribution in [0.5, 0.6) is 0 Å². The van der Waals surface area contributed by atoms with E-state index in [9.17, 15) is 19.6 Å². The van der Waals surface area contributed by atoms with Crippen molar-refractivity contribution in [1.82, 2.24) is 10.2 Å². The summed E-state index contributed by atoms with van der Waals surface area (Å²) in [6, 6.07) is 8.83. The van der Waals surface area contributed by atoms with Crippen LogP contribution in [0, 0.1) is 11.3 Å².